The van der Waals surface area contributed by atoms with Crippen LogP contribution in [0.3, 0.4) is 0 Å². The van der Waals surface area contributed by atoms with Crippen LogP contribution in [0.1, 0.15) is 455 Å². The number of aldehydes is 2. The van der Waals surface area contributed by atoms with E-state index in [0.717, 1.165) is 160 Å². The van der Waals surface area contributed by atoms with Gasteiger partial charge in [-0.1, -0.05) is 351 Å². The molecule has 0 aromatic heterocycles. The molecule has 0 rings (SSSR count). The fourth-order valence-corrected chi connectivity index (χ4v) is 10.8. The Morgan fingerprint density at radius 1 is 0.292 bits per heavy atom. The lowest BCUT2D eigenvalue weighted by Gasteiger charge is -2.10. The molecule has 10 nitrogen and oxygen atoms in total. The first kappa shape index (κ1) is 105. The number of ether oxygens (including phenoxy) is 2. The summed E-state index contributed by atoms with van der Waals surface area (Å²) in [5, 5.41) is 39.5. The minimum Gasteiger partial charge on any atom is -0.465 e. The summed E-state index contributed by atoms with van der Waals surface area (Å²) in [6.07, 6.45) is 75.6. The zero-order valence-electron chi connectivity index (χ0n) is 66.6. The first-order valence-electron chi connectivity index (χ1n) is 42.0. The van der Waals surface area contributed by atoms with Gasteiger partial charge in [-0.3, -0.25) is 9.59 Å². The summed E-state index contributed by atoms with van der Waals surface area (Å²) in [7, 11) is 0. The van der Waals surface area contributed by atoms with Crippen molar-refractivity contribution in [2.24, 2.45) is 11.8 Å². The number of rotatable bonds is 68. The Labute approximate surface area is 599 Å². The van der Waals surface area contributed by atoms with E-state index >= 15 is 0 Å². The molecule has 0 saturated carbocycles. The second kappa shape index (κ2) is 96.8. The number of hydrogen-bond donors (Lipinski definition) is 4. The van der Waals surface area contributed by atoms with Crippen LogP contribution < -0.4 is 0 Å². The van der Waals surface area contributed by atoms with Gasteiger partial charge in [0, 0.05) is 25.7 Å². The maximum Gasteiger partial charge on any atom is 0.305 e. The van der Waals surface area contributed by atoms with Gasteiger partial charge in [-0.05, 0) is 115 Å². The fourth-order valence-electron chi connectivity index (χ4n) is 10.8. The zero-order chi connectivity index (χ0) is 72.7. The third-order valence-electron chi connectivity index (χ3n) is 17.9. The van der Waals surface area contributed by atoms with Gasteiger partial charge < -0.3 is 39.5 Å². The van der Waals surface area contributed by atoms with Crippen LogP contribution in [0.2, 0.25) is 0 Å². The maximum atomic E-state index is 11.6. The van der Waals surface area contributed by atoms with E-state index in [2.05, 4.69) is 79.7 Å². The summed E-state index contributed by atoms with van der Waals surface area (Å²) in [5.74, 6) is 0.871. The van der Waals surface area contributed by atoms with Gasteiger partial charge in [0.1, 0.15) is 12.6 Å². The smallest absolute Gasteiger partial charge is 0.305 e. The highest BCUT2D eigenvalue weighted by atomic mass is 16.5. The number of allylic oxidation sites excluding steroid dienone is 2. The summed E-state index contributed by atoms with van der Waals surface area (Å²) in [5.41, 5.74) is 0. The highest BCUT2D eigenvalue weighted by Crippen LogP contribution is 2.18. The quantitative estimate of drug-likeness (QED) is 0.0199. The summed E-state index contributed by atoms with van der Waals surface area (Å²) in [6, 6.07) is 0. The Bertz CT molecular complexity index is 1490. The number of unbranched alkanes of at least 4 members (excludes halogenated alkanes) is 38. The van der Waals surface area contributed by atoms with Gasteiger partial charge in [0.05, 0.1) is 37.6 Å². The molecule has 0 aliphatic heterocycles. The average Bonchev–Trinajstić information content (AvgIpc) is 3.78. The lowest BCUT2D eigenvalue weighted by Crippen LogP contribution is -2.11. The molecule has 0 amide bonds. The van der Waals surface area contributed by atoms with Crippen molar-refractivity contribution in [1.29, 1.82) is 0 Å². The molecule has 0 aliphatic rings. The third kappa shape index (κ3) is 103. The zero-order valence-corrected chi connectivity index (χ0v) is 66.6. The molecule has 0 bridgehead atoms. The minimum absolute atomic E-state index is 0.0291. The molecule has 0 spiro atoms. The molecule has 0 saturated heterocycles. The van der Waals surface area contributed by atoms with Gasteiger partial charge in [-0.2, -0.15) is 0 Å². The van der Waals surface area contributed by atoms with Crippen molar-refractivity contribution in [2.75, 3.05) is 13.2 Å². The Morgan fingerprint density at radius 2 is 0.510 bits per heavy atom. The molecule has 6 unspecified atom stereocenters. The number of hydrogen-bond acceptors (Lipinski definition) is 10. The highest BCUT2D eigenvalue weighted by Gasteiger charge is 2.09. The van der Waals surface area contributed by atoms with Gasteiger partial charge >= 0.3 is 11.9 Å². The highest BCUT2D eigenvalue weighted by molar-refractivity contribution is 5.69. The predicted molar refractivity (Wildman–Crippen MR) is 419 cm³/mol. The molecule has 96 heavy (non-hydrogen) atoms. The van der Waals surface area contributed by atoms with Crippen molar-refractivity contribution in [3.05, 3.63) is 24.3 Å². The third-order valence-corrected chi connectivity index (χ3v) is 17.9. The summed E-state index contributed by atoms with van der Waals surface area (Å²) in [6.45, 7) is 26.5. The van der Waals surface area contributed by atoms with Crippen LogP contribution in [-0.4, -0.2) is 82.6 Å². The number of carbonyl (C=O) groups excluding carboxylic acids is 4. The lowest BCUT2D eigenvalue weighted by atomic mass is 10.0. The molecule has 0 heterocycles. The van der Waals surface area contributed by atoms with Gasteiger partial charge in [0.15, 0.2) is 0 Å². The van der Waals surface area contributed by atoms with E-state index in [1.807, 2.05) is 27.7 Å². The van der Waals surface area contributed by atoms with Gasteiger partial charge in [0.2, 0.25) is 0 Å². The van der Waals surface area contributed by atoms with E-state index in [9.17, 15) is 39.6 Å². The largest absolute Gasteiger partial charge is 0.465 e. The van der Waals surface area contributed by atoms with Crippen molar-refractivity contribution < 1.29 is 49.1 Å². The van der Waals surface area contributed by atoms with E-state index < -0.39 is 0 Å². The Morgan fingerprint density at radius 3 is 0.760 bits per heavy atom. The minimum atomic E-state index is -0.164. The molecule has 4 N–H and O–H groups in total. The average molecular weight is 1370 g/mol. The first-order chi connectivity index (χ1) is 46.8. The molecule has 0 aromatic rings. The molecular formula is C86H172O10. The molecular weight excluding hydrogens is 1190 g/mol. The molecule has 576 valence electrons. The van der Waals surface area contributed by atoms with Crippen molar-refractivity contribution in [3.8, 4) is 0 Å². The van der Waals surface area contributed by atoms with Crippen molar-refractivity contribution in [2.45, 2.75) is 480 Å². The number of esters is 2. The van der Waals surface area contributed by atoms with E-state index in [-0.39, 0.29) is 36.4 Å². The van der Waals surface area contributed by atoms with Crippen LogP contribution in [0.4, 0.5) is 0 Å². The van der Waals surface area contributed by atoms with Crippen LogP contribution in [0.25, 0.3) is 0 Å². The Hall–Kier alpha value is -2.40. The van der Waals surface area contributed by atoms with Crippen LogP contribution >= 0.6 is 0 Å². The van der Waals surface area contributed by atoms with Crippen molar-refractivity contribution in [1.82, 2.24) is 0 Å². The number of carbonyl (C=O) groups is 4. The van der Waals surface area contributed by atoms with E-state index in [1.54, 1.807) is 0 Å². The molecule has 0 aliphatic carbocycles. The summed E-state index contributed by atoms with van der Waals surface area (Å²) in [4.78, 5) is 43.4. The number of aliphatic hydroxyl groups is 4. The van der Waals surface area contributed by atoms with Crippen LogP contribution in [0.15, 0.2) is 24.3 Å². The Balaban J connectivity index is -0.000000278. The van der Waals surface area contributed by atoms with Gasteiger partial charge in [-0.25, -0.2) is 0 Å². The van der Waals surface area contributed by atoms with Gasteiger partial charge in [-0.15, -0.1) is 0 Å². The topological polar surface area (TPSA) is 168 Å². The van der Waals surface area contributed by atoms with E-state index in [4.69, 9.17) is 9.47 Å². The molecule has 0 fully saturated rings. The van der Waals surface area contributed by atoms with Crippen molar-refractivity contribution in [3.63, 3.8) is 0 Å². The molecule has 0 aromatic carbocycles. The number of aliphatic hydroxyl groups excluding tert-OH is 4. The SMILES string of the molecule is CC.CC.CCCCCCC(O)C/C=C\CCCCCCCC(=O)OCC(C)CC.CCCCCCC(O)C/C=C\CCCCCCCC=O.CCCCCCC(O)CCCCCCCCCCC(=O)OCC(C)CC.CCCCCCC(O)CCCCCCCCCCC=O. The summed E-state index contributed by atoms with van der Waals surface area (Å²) >= 11 is 0. The maximum absolute atomic E-state index is 11.6. The van der Waals surface area contributed by atoms with E-state index in [0.29, 0.717) is 37.9 Å². The van der Waals surface area contributed by atoms with E-state index in [1.165, 1.54) is 212 Å². The summed E-state index contributed by atoms with van der Waals surface area (Å²) < 4.78 is 10.5. The monoisotopic (exact) mass is 1370 g/mol. The molecule has 10 heteroatoms. The fraction of sp³-hybridized carbons (Fsp3) is 0.907. The standard InChI is InChI=1S/C23H46O3.C23H44O3.C18H36O2.C18H34O2.2C2H6/c2*1-4-6-7-14-17-22(24)18-15-12-10-8-9-11-13-16-19-23(25)26-20-21(3)5-2;2*1-2-3-4-12-15-18(20)16-13-10-8-6-5-7-9-11-14-17-19;2*1-2/h21-22,24H,4-20H2,1-3H3;12,15,21-22,24H,4-11,13-14,16-20H2,1-3H3;17-18,20H,2-16H2,1H3;10,13,17-18,20H,2-9,11-12,14-16H2,1H3;2*1-2H3/b;15-12-;;13-10-;;. The first-order valence-corrected chi connectivity index (χ1v) is 42.0. The van der Waals surface area contributed by atoms with Gasteiger partial charge in [0.25, 0.3) is 0 Å². The predicted octanol–water partition coefficient (Wildman–Crippen LogP) is 26.1. The van der Waals surface area contributed by atoms with Crippen LogP contribution in [0, 0.1) is 11.8 Å². The lowest BCUT2D eigenvalue weighted by molar-refractivity contribution is -0.145. The van der Waals surface area contributed by atoms with Crippen LogP contribution in [0.5, 0.6) is 0 Å². The van der Waals surface area contributed by atoms with Crippen LogP contribution in [-0.2, 0) is 28.7 Å². The normalized spacial score (nSPS) is 12.8. The Kier molecular flexibility index (Phi) is 105. The second-order valence-electron chi connectivity index (χ2n) is 27.6. The second-order valence-corrected chi connectivity index (χ2v) is 27.6. The molecule has 0 radical (unpaired) electrons. The van der Waals surface area contributed by atoms with Crippen molar-refractivity contribution >= 4 is 24.5 Å². The molecule has 6 atom stereocenters.